The highest BCUT2D eigenvalue weighted by atomic mass is 16.5. The van der Waals surface area contributed by atoms with Gasteiger partial charge in [0.1, 0.15) is 6.61 Å². The molecule has 0 heterocycles. The second-order valence-electron chi connectivity index (χ2n) is 5.70. The molecule has 1 aromatic carbocycles. The number of hydrogen-bond acceptors (Lipinski definition) is 3. The van der Waals surface area contributed by atoms with Gasteiger partial charge in [-0.05, 0) is 16.5 Å². The van der Waals surface area contributed by atoms with Crippen LogP contribution in [-0.4, -0.2) is 19.1 Å². The van der Waals surface area contributed by atoms with Crippen LogP contribution in [0.25, 0.3) is 0 Å². The number of nitrogens with one attached hydrogen (secondary N) is 1. The first-order chi connectivity index (χ1) is 8.93. The van der Waals surface area contributed by atoms with Gasteiger partial charge >= 0.3 is 5.97 Å². The lowest BCUT2D eigenvalue weighted by Crippen LogP contribution is -2.21. The van der Waals surface area contributed by atoms with E-state index in [1.807, 2.05) is 0 Å². The molecule has 0 bridgehead atoms. The second kappa shape index (κ2) is 7.29. The molecule has 0 atom stereocenters. The van der Waals surface area contributed by atoms with Crippen molar-refractivity contribution in [1.82, 2.24) is 5.32 Å². The van der Waals surface area contributed by atoms with Crippen LogP contribution in [0, 0.1) is 0 Å². The van der Waals surface area contributed by atoms with E-state index in [-0.39, 0.29) is 11.4 Å². The van der Waals surface area contributed by atoms with Gasteiger partial charge in [-0.2, -0.15) is 0 Å². The Labute approximate surface area is 116 Å². The quantitative estimate of drug-likeness (QED) is 0.633. The van der Waals surface area contributed by atoms with Crippen molar-refractivity contribution in [2.45, 2.75) is 46.1 Å². The number of carbonyl (C=O) groups is 1. The van der Waals surface area contributed by atoms with E-state index >= 15 is 0 Å². The molecule has 0 saturated carbocycles. The molecular formula is C16H25NO2. The molecule has 1 N–H and O–H groups in total. The van der Waals surface area contributed by atoms with Crippen molar-refractivity contribution in [1.29, 1.82) is 0 Å². The SMILES string of the molecule is CCC(=O)OCCNCc1ccc(C(C)(C)C)cc1. The van der Waals surface area contributed by atoms with E-state index in [0.717, 1.165) is 6.54 Å². The van der Waals surface area contributed by atoms with Gasteiger partial charge in [0.2, 0.25) is 0 Å². The Morgan fingerprint density at radius 2 is 1.84 bits per heavy atom. The number of rotatable bonds is 6. The summed E-state index contributed by atoms with van der Waals surface area (Å²) in [5.41, 5.74) is 2.78. The Balaban J connectivity index is 2.29. The zero-order valence-corrected chi connectivity index (χ0v) is 12.5. The monoisotopic (exact) mass is 263 g/mol. The van der Waals surface area contributed by atoms with Crippen molar-refractivity contribution in [2.24, 2.45) is 0 Å². The van der Waals surface area contributed by atoms with Crippen molar-refractivity contribution in [3.63, 3.8) is 0 Å². The van der Waals surface area contributed by atoms with Gasteiger partial charge in [-0.15, -0.1) is 0 Å². The summed E-state index contributed by atoms with van der Waals surface area (Å²) in [4.78, 5) is 10.9. The minimum absolute atomic E-state index is 0.142. The third-order valence-electron chi connectivity index (χ3n) is 2.98. The Hall–Kier alpha value is -1.35. The van der Waals surface area contributed by atoms with E-state index < -0.39 is 0 Å². The summed E-state index contributed by atoms with van der Waals surface area (Å²) in [6.07, 6.45) is 0.439. The summed E-state index contributed by atoms with van der Waals surface area (Å²) >= 11 is 0. The smallest absolute Gasteiger partial charge is 0.305 e. The lowest BCUT2D eigenvalue weighted by atomic mass is 9.87. The highest BCUT2D eigenvalue weighted by molar-refractivity contribution is 5.68. The first-order valence-corrected chi connectivity index (χ1v) is 6.89. The van der Waals surface area contributed by atoms with Gasteiger partial charge in [0.15, 0.2) is 0 Å². The first-order valence-electron chi connectivity index (χ1n) is 6.89. The predicted octanol–water partition coefficient (Wildman–Crippen LogP) is 3.03. The lowest BCUT2D eigenvalue weighted by molar-refractivity contribution is -0.143. The number of benzene rings is 1. The summed E-state index contributed by atoms with van der Waals surface area (Å²) < 4.78 is 4.99. The minimum atomic E-state index is -0.142. The normalized spacial score (nSPS) is 11.4. The van der Waals surface area contributed by atoms with Crippen molar-refractivity contribution < 1.29 is 9.53 Å². The van der Waals surface area contributed by atoms with Crippen LogP contribution in [0.1, 0.15) is 45.2 Å². The molecule has 0 aliphatic carbocycles. The maximum atomic E-state index is 10.9. The standard InChI is InChI=1S/C16H25NO2/c1-5-15(18)19-11-10-17-12-13-6-8-14(9-7-13)16(2,3)4/h6-9,17H,5,10-12H2,1-4H3. The number of esters is 1. The molecule has 19 heavy (non-hydrogen) atoms. The lowest BCUT2D eigenvalue weighted by Gasteiger charge is -2.19. The molecule has 3 heteroatoms. The predicted molar refractivity (Wildman–Crippen MR) is 78.1 cm³/mol. The molecule has 0 spiro atoms. The van der Waals surface area contributed by atoms with Crippen LogP contribution in [0.15, 0.2) is 24.3 Å². The fourth-order valence-electron chi connectivity index (χ4n) is 1.69. The topological polar surface area (TPSA) is 38.3 Å². The molecule has 106 valence electrons. The van der Waals surface area contributed by atoms with E-state index in [4.69, 9.17) is 4.74 Å². The van der Waals surface area contributed by atoms with Crippen molar-refractivity contribution in [2.75, 3.05) is 13.2 Å². The van der Waals surface area contributed by atoms with Crippen molar-refractivity contribution in [3.8, 4) is 0 Å². The molecule has 0 unspecified atom stereocenters. The zero-order chi connectivity index (χ0) is 14.3. The Kier molecular flexibility index (Phi) is 6.03. The third kappa shape index (κ3) is 5.88. The molecule has 1 aromatic rings. The molecule has 0 fully saturated rings. The number of ether oxygens (including phenoxy) is 1. The fraction of sp³-hybridized carbons (Fsp3) is 0.562. The summed E-state index contributed by atoms with van der Waals surface area (Å²) in [5, 5.41) is 3.26. The Morgan fingerprint density at radius 3 is 2.37 bits per heavy atom. The highest BCUT2D eigenvalue weighted by Crippen LogP contribution is 2.21. The Morgan fingerprint density at radius 1 is 1.21 bits per heavy atom. The Bertz CT molecular complexity index is 390. The van der Waals surface area contributed by atoms with Crippen LogP contribution in [0.3, 0.4) is 0 Å². The van der Waals surface area contributed by atoms with E-state index in [2.05, 4.69) is 50.4 Å². The largest absolute Gasteiger partial charge is 0.464 e. The van der Waals surface area contributed by atoms with Gasteiger partial charge in [-0.25, -0.2) is 0 Å². The molecule has 0 aliphatic rings. The summed E-state index contributed by atoms with van der Waals surface area (Å²) in [6.45, 7) is 10.4. The van der Waals surface area contributed by atoms with Gasteiger partial charge < -0.3 is 10.1 Å². The van der Waals surface area contributed by atoms with E-state index in [1.54, 1.807) is 6.92 Å². The van der Waals surface area contributed by atoms with Crippen molar-refractivity contribution >= 4 is 5.97 Å². The molecule has 0 amide bonds. The van der Waals surface area contributed by atoms with Crippen LogP contribution in [0.2, 0.25) is 0 Å². The third-order valence-corrected chi connectivity index (χ3v) is 2.98. The van der Waals surface area contributed by atoms with E-state index in [0.29, 0.717) is 19.6 Å². The molecular weight excluding hydrogens is 238 g/mol. The summed E-state index contributed by atoms with van der Waals surface area (Å²) in [7, 11) is 0. The summed E-state index contributed by atoms with van der Waals surface area (Å²) in [5.74, 6) is -0.142. The second-order valence-corrected chi connectivity index (χ2v) is 5.70. The fourth-order valence-corrected chi connectivity index (χ4v) is 1.69. The van der Waals surface area contributed by atoms with E-state index in [1.165, 1.54) is 11.1 Å². The summed E-state index contributed by atoms with van der Waals surface area (Å²) in [6, 6.07) is 8.64. The van der Waals surface area contributed by atoms with Gasteiger partial charge in [-0.1, -0.05) is 52.0 Å². The van der Waals surface area contributed by atoms with Crippen molar-refractivity contribution in [3.05, 3.63) is 35.4 Å². The minimum Gasteiger partial charge on any atom is -0.464 e. The molecule has 0 saturated heterocycles. The van der Waals surface area contributed by atoms with Gasteiger partial charge in [-0.3, -0.25) is 4.79 Å². The molecule has 0 aromatic heterocycles. The average molecular weight is 263 g/mol. The molecule has 3 nitrogen and oxygen atoms in total. The molecule has 0 aliphatic heterocycles. The van der Waals surface area contributed by atoms with E-state index in [9.17, 15) is 4.79 Å². The maximum Gasteiger partial charge on any atom is 0.305 e. The first kappa shape index (κ1) is 15.7. The van der Waals surface area contributed by atoms with Crippen LogP contribution >= 0.6 is 0 Å². The van der Waals surface area contributed by atoms with Crippen LogP contribution in [-0.2, 0) is 21.5 Å². The molecule has 1 rings (SSSR count). The van der Waals surface area contributed by atoms with Crippen LogP contribution in [0.4, 0.5) is 0 Å². The van der Waals surface area contributed by atoms with Gasteiger partial charge in [0.05, 0.1) is 0 Å². The van der Waals surface area contributed by atoms with Gasteiger partial charge in [0, 0.05) is 19.5 Å². The average Bonchev–Trinajstić information content (AvgIpc) is 2.37. The van der Waals surface area contributed by atoms with Crippen LogP contribution in [0.5, 0.6) is 0 Å². The highest BCUT2D eigenvalue weighted by Gasteiger charge is 2.12. The number of carbonyl (C=O) groups excluding carboxylic acids is 1. The zero-order valence-electron chi connectivity index (χ0n) is 12.5. The van der Waals surface area contributed by atoms with Crippen LogP contribution < -0.4 is 5.32 Å². The number of hydrogen-bond donors (Lipinski definition) is 1. The van der Waals surface area contributed by atoms with Gasteiger partial charge in [0.25, 0.3) is 0 Å². The maximum absolute atomic E-state index is 10.9. The molecule has 0 radical (unpaired) electrons.